The van der Waals surface area contributed by atoms with E-state index in [1.807, 2.05) is 17.5 Å². The molecule has 33 heavy (non-hydrogen) atoms. The summed E-state index contributed by atoms with van der Waals surface area (Å²) >= 11 is 1.35. The van der Waals surface area contributed by atoms with Gasteiger partial charge in [-0.05, 0) is 43.7 Å². The molecular weight excluding hydrogens is 440 g/mol. The largest absolute Gasteiger partial charge is 0.507 e. The first-order chi connectivity index (χ1) is 14.9. The van der Waals surface area contributed by atoms with Crippen LogP contribution in [0.2, 0.25) is 0 Å². The first kappa shape index (κ1) is 26.6. The monoisotopic (exact) mass is 476 g/mol. The number of carboxylic acids is 1. The van der Waals surface area contributed by atoms with Gasteiger partial charge in [0.05, 0.1) is 12.2 Å². The third-order valence-electron chi connectivity index (χ3n) is 4.88. The Kier molecular flexibility index (Phi) is 7.53. The van der Waals surface area contributed by atoms with Crippen molar-refractivity contribution < 1.29 is 24.5 Å². The van der Waals surface area contributed by atoms with Crippen LogP contribution in [0, 0.1) is 0 Å². The molecule has 7 nitrogen and oxygen atoms in total. The van der Waals surface area contributed by atoms with Crippen molar-refractivity contribution >= 4 is 23.4 Å². The van der Waals surface area contributed by atoms with Gasteiger partial charge in [-0.3, -0.25) is 9.69 Å². The summed E-state index contributed by atoms with van der Waals surface area (Å²) in [6.07, 6.45) is -0.698. The number of rotatable bonds is 5. The number of carbonyl (C=O) groups is 2. The summed E-state index contributed by atoms with van der Waals surface area (Å²) in [5.41, 5.74) is 1.97. The Bertz CT molecular complexity index is 988. The van der Waals surface area contributed by atoms with Gasteiger partial charge in [-0.2, -0.15) is 0 Å². The fourth-order valence-corrected chi connectivity index (χ4v) is 4.10. The summed E-state index contributed by atoms with van der Waals surface area (Å²) < 4.78 is 5.36. The van der Waals surface area contributed by atoms with E-state index in [0.29, 0.717) is 16.5 Å². The number of hydrogen-bond acceptors (Lipinski definition) is 6. The molecule has 1 aromatic carbocycles. The van der Waals surface area contributed by atoms with Crippen LogP contribution in [-0.4, -0.2) is 44.3 Å². The minimum absolute atomic E-state index is 0.0300. The van der Waals surface area contributed by atoms with Crippen molar-refractivity contribution in [3.05, 3.63) is 33.6 Å². The maximum Gasteiger partial charge on any atom is 0.411 e. The highest BCUT2D eigenvalue weighted by atomic mass is 32.1. The maximum absolute atomic E-state index is 12.5. The molecule has 0 saturated carbocycles. The number of aromatic hydroxyl groups is 1. The summed E-state index contributed by atoms with van der Waals surface area (Å²) in [6, 6.07) is 3.90. The Balaban J connectivity index is 2.44. The number of carboxylic acid groups (broad SMARTS) is 1. The van der Waals surface area contributed by atoms with E-state index in [-0.39, 0.29) is 17.4 Å². The first-order valence-corrected chi connectivity index (χ1v) is 11.8. The Morgan fingerprint density at radius 1 is 1.00 bits per heavy atom. The number of aliphatic carboxylic acids is 1. The number of carbonyl (C=O) groups excluding carboxylic acids is 1. The van der Waals surface area contributed by atoms with E-state index in [1.54, 1.807) is 20.8 Å². The summed E-state index contributed by atoms with van der Waals surface area (Å²) in [5.74, 6) is -0.826. The highest BCUT2D eigenvalue weighted by Crippen LogP contribution is 2.42. The molecule has 2 N–H and O–H groups in total. The van der Waals surface area contributed by atoms with Crippen molar-refractivity contribution in [3.63, 3.8) is 0 Å². The second-order valence-electron chi connectivity index (χ2n) is 11.3. The SMILES string of the molecule is CC(C)(C)OC(=O)N(CC(=O)O)Cc1nc(-c2cc(C(C)(C)C)c(O)c(C(C)(C)C)c2)cs1. The van der Waals surface area contributed by atoms with Crippen molar-refractivity contribution in [2.75, 3.05) is 6.54 Å². The van der Waals surface area contributed by atoms with Gasteiger partial charge >= 0.3 is 12.1 Å². The van der Waals surface area contributed by atoms with Crippen LogP contribution >= 0.6 is 11.3 Å². The van der Waals surface area contributed by atoms with E-state index in [4.69, 9.17) is 4.74 Å². The zero-order valence-electron chi connectivity index (χ0n) is 21.1. The van der Waals surface area contributed by atoms with Crippen molar-refractivity contribution in [2.45, 2.75) is 85.3 Å². The van der Waals surface area contributed by atoms with Crippen molar-refractivity contribution in [1.29, 1.82) is 0 Å². The molecule has 2 aromatic rings. The molecule has 0 aliphatic rings. The number of amides is 1. The van der Waals surface area contributed by atoms with Gasteiger partial charge in [-0.15, -0.1) is 11.3 Å². The fraction of sp³-hybridized carbons (Fsp3) is 0.560. The number of hydrogen-bond donors (Lipinski definition) is 2. The highest BCUT2D eigenvalue weighted by Gasteiger charge is 2.28. The quantitative estimate of drug-likeness (QED) is 0.555. The van der Waals surface area contributed by atoms with Crippen molar-refractivity contribution in [3.8, 4) is 17.0 Å². The average molecular weight is 477 g/mol. The Hall–Kier alpha value is -2.61. The summed E-state index contributed by atoms with van der Waals surface area (Å²) in [4.78, 5) is 29.6. The number of phenolic OH excluding ortho intramolecular Hbond substituents is 1. The molecule has 1 aromatic heterocycles. The molecule has 0 radical (unpaired) electrons. The van der Waals surface area contributed by atoms with Crippen molar-refractivity contribution in [1.82, 2.24) is 9.88 Å². The minimum atomic E-state index is -1.12. The molecule has 2 rings (SSSR count). The van der Waals surface area contributed by atoms with Crippen LogP contribution in [0.1, 0.15) is 78.4 Å². The van der Waals surface area contributed by atoms with Gasteiger partial charge < -0.3 is 14.9 Å². The number of aromatic nitrogens is 1. The van der Waals surface area contributed by atoms with Crippen LogP contribution < -0.4 is 0 Å². The Morgan fingerprint density at radius 3 is 1.94 bits per heavy atom. The zero-order valence-corrected chi connectivity index (χ0v) is 21.9. The number of ether oxygens (including phenoxy) is 1. The van der Waals surface area contributed by atoms with Gasteiger partial charge in [0.25, 0.3) is 0 Å². The third-order valence-corrected chi connectivity index (χ3v) is 5.71. The number of benzene rings is 1. The lowest BCUT2D eigenvalue weighted by atomic mass is 9.78. The average Bonchev–Trinajstić information content (AvgIpc) is 3.06. The molecule has 0 bridgehead atoms. The highest BCUT2D eigenvalue weighted by molar-refractivity contribution is 7.09. The molecule has 0 atom stereocenters. The lowest BCUT2D eigenvalue weighted by molar-refractivity contribution is -0.138. The predicted molar refractivity (Wildman–Crippen MR) is 131 cm³/mol. The van der Waals surface area contributed by atoms with Crippen LogP contribution in [0.3, 0.4) is 0 Å². The molecule has 0 saturated heterocycles. The minimum Gasteiger partial charge on any atom is -0.507 e. The Labute approximate surface area is 200 Å². The molecule has 0 aliphatic carbocycles. The van der Waals surface area contributed by atoms with E-state index in [9.17, 15) is 19.8 Å². The molecule has 0 fully saturated rings. The smallest absolute Gasteiger partial charge is 0.411 e. The maximum atomic E-state index is 12.5. The molecule has 8 heteroatoms. The second kappa shape index (κ2) is 9.33. The molecule has 0 spiro atoms. The fourth-order valence-electron chi connectivity index (χ4n) is 3.28. The molecule has 1 heterocycles. The van der Waals surface area contributed by atoms with Crippen LogP contribution in [0.15, 0.2) is 17.5 Å². The molecule has 0 aliphatic heterocycles. The predicted octanol–water partition coefficient (Wildman–Crippen LogP) is 5.93. The lowest BCUT2D eigenvalue weighted by Gasteiger charge is -2.28. The number of thiazole rings is 1. The lowest BCUT2D eigenvalue weighted by Crippen LogP contribution is -2.39. The van der Waals surface area contributed by atoms with Gasteiger partial charge in [0.15, 0.2) is 0 Å². The van der Waals surface area contributed by atoms with Gasteiger partial charge in [-0.1, -0.05) is 41.5 Å². The van der Waals surface area contributed by atoms with E-state index in [1.165, 1.54) is 11.3 Å². The van der Waals surface area contributed by atoms with Crippen LogP contribution in [0.25, 0.3) is 11.3 Å². The van der Waals surface area contributed by atoms with Gasteiger partial charge in [0, 0.05) is 22.1 Å². The normalized spacial score (nSPS) is 12.5. The van der Waals surface area contributed by atoms with E-state index < -0.39 is 24.2 Å². The number of nitrogens with zero attached hydrogens (tertiary/aromatic N) is 2. The van der Waals surface area contributed by atoms with Crippen LogP contribution in [-0.2, 0) is 26.9 Å². The van der Waals surface area contributed by atoms with E-state index in [2.05, 4.69) is 46.5 Å². The zero-order chi connectivity index (χ0) is 25.4. The van der Waals surface area contributed by atoms with Crippen LogP contribution in [0.4, 0.5) is 4.79 Å². The van der Waals surface area contributed by atoms with E-state index in [0.717, 1.165) is 21.6 Å². The standard InChI is InChI=1S/C25H36N2O5S/c1-23(2,3)16-10-15(11-17(21(16)30)24(4,5)6)18-14-33-19(26-18)12-27(13-20(28)29)22(31)32-25(7,8)9/h10-11,14,30H,12-13H2,1-9H3,(H,28,29). The topological polar surface area (TPSA) is 100.0 Å². The molecular formula is C25H36N2O5S. The first-order valence-electron chi connectivity index (χ1n) is 10.9. The molecule has 1 amide bonds. The summed E-state index contributed by atoms with van der Waals surface area (Å²) in [7, 11) is 0. The van der Waals surface area contributed by atoms with Gasteiger partial charge in [-0.25, -0.2) is 9.78 Å². The Morgan fingerprint density at radius 2 is 1.52 bits per heavy atom. The van der Waals surface area contributed by atoms with Crippen molar-refractivity contribution in [2.24, 2.45) is 0 Å². The summed E-state index contributed by atoms with van der Waals surface area (Å²) in [6.45, 7) is 17.1. The molecule has 0 unspecified atom stereocenters. The van der Waals surface area contributed by atoms with E-state index >= 15 is 0 Å². The number of phenols is 1. The van der Waals surface area contributed by atoms with Crippen LogP contribution in [0.5, 0.6) is 5.75 Å². The third kappa shape index (κ3) is 7.19. The summed E-state index contributed by atoms with van der Waals surface area (Å²) in [5, 5.41) is 22.7. The second-order valence-corrected chi connectivity index (χ2v) is 12.2. The van der Waals surface area contributed by atoms with Gasteiger partial charge in [0.2, 0.25) is 0 Å². The molecule has 182 valence electrons. The van der Waals surface area contributed by atoms with Gasteiger partial charge in [0.1, 0.15) is 22.9 Å².